The lowest BCUT2D eigenvalue weighted by Gasteiger charge is -2.26. The number of benzene rings is 2. The fourth-order valence-electron chi connectivity index (χ4n) is 3.29. The molecule has 0 N–H and O–H groups in total. The van der Waals surface area contributed by atoms with Crippen molar-refractivity contribution in [3.8, 4) is 11.6 Å². The highest BCUT2D eigenvalue weighted by molar-refractivity contribution is 5.41. The predicted octanol–water partition coefficient (Wildman–Crippen LogP) is 5.01. The standard InChI is InChI=1S/C24H23FN4O/c1-17-4-6-19(7-5-17)24(2,3)20-8-10-21(11-9-20)30-16-18-14-23(26-15-22(18)25)29-27-12-13-28-29/h4-15H,16H2,1-3H3. The number of pyridine rings is 1. The van der Waals surface area contributed by atoms with E-state index in [0.717, 1.165) is 6.20 Å². The maximum Gasteiger partial charge on any atom is 0.174 e. The maximum atomic E-state index is 14.2. The van der Waals surface area contributed by atoms with Crippen molar-refractivity contribution in [2.75, 3.05) is 0 Å². The molecule has 30 heavy (non-hydrogen) atoms. The molecule has 2 aromatic carbocycles. The van der Waals surface area contributed by atoms with E-state index in [-0.39, 0.29) is 12.0 Å². The summed E-state index contributed by atoms with van der Waals surface area (Å²) in [7, 11) is 0. The van der Waals surface area contributed by atoms with E-state index in [9.17, 15) is 4.39 Å². The van der Waals surface area contributed by atoms with Gasteiger partial charge in [-0.15, -0.1) is 4.80 Å². The molecule has 0 bridgehead atoms. The van der Waals surface area contributed by atoms with Gasteiger partial charge in [-0.25, -0.2) is 9.37 Å². The van der Waals surface area contributed by atoms with Gasteiger partial charge in [0.1, 0.15) is 18.2 Å². The van der Waals surface area contributed by atoms with Gasteiger partial charge in [-0.05, 0) is 36.2 Å². The second-order valence-electron chi connectivity index (χ2n) is 7.76. The number of aryl methyl sites for hydroxylation is 1. The first kappa shape index (κ1) is 19.8. The Hall–Kier alpha value is -3.54. The van der Waals surface area contributed by atoms with Crippen LogP contribution in [0.3, 0.4) is 0 Å². The van der Waals surface area contributed by atoms with Crippen LogP contribution in [0.1, 0.15) is 36.1 Å². The van der Waals surface area contributed by atoms with Crippen LogP contribution >= 0.6 is 0 Å². The van der Waals surface area contributed by atoms with E-state index in [1.807, 2.05) is 12.1 Å². The normalized spacial score (nSPS) is 11.5. The lowest BCUT2D eigenvalue weighted by molar-refractivity contribution is 0.299. The van der Waals surface area contributed by atoms with Crippen molar-refractivity contribution >= 4 is 0 Å². The van der Waals surface area contributed by atoms with Crippen molar-refractivity contribution in [1.82, 2.24) is 20.0 Å². The van der Waals surface area contributed by atoms with E-state index in [4.69, 9.17) is 4.74 Å². The first-order chi connectivity index (χ1) is 14.4. The molecule has 0 radical (unpaired) electrons. The number of hydrogen-bond acceptors (Lipinski definition) is 4. The van der Waals surface area contributed by atoms with Crippen LogP contribution in [0.25, 0.3) is 5.82 Å². The van der Waals surface area contributed by atoms with E-state index in [2.05, 4.69) is 72.4 Å². The van der Waals surface area contributed by atoms with Crippen molar-refractivity contribution in [3.05, 3.63) is 101 Å². The van der Waals surface area contributed by atoms with Gasteiger partial charge in [0.15, 0.2) is 5.82 Å². The number of halogens is 1. The quantitative estimate of drug-likeness (QED) is 0.455. The summed E-state index contributed by atoms with van der Waals surface area (Å²) >= 11 is 0. The summed E-state index contributed by atoms with van der Waals surface area (Å²) in [4.78, 5) is 5.35. The molecule has 4 rings (SSSR count). The third-order valence-electron chi connectivity index (χ3n) is 5.29. The van der Waals surface area contributed by atoms with Gasteiger partial charge in [-0.3, -0.25) is 0 Å². The zero-order chi connectivity index (χ0) is 21.1. The highest BCUT2D eigenvalue weighted by Gasteiger charge is 2.22. The molecule has 0 unspecified atom stereocenters. The summed E-state index contributed by atoms with van der Waals surface area (Å²) in [5.41, 5.74) is 3.94. The molecule has 0 aliphatic heterocycles. The summed E-state index contributed by atoms with van der Waals surface area (Å²) in [5, 5.41) is 8.04. The van der Waals surface area contributed by atoms with Crippen molar-refractivity contribution in [3.63, 3.8) is 0 Å². The van der Waals surface area contributed by atoms with Crippen molar-refractivity contribution in [2.45, 2.75) is 32.8 Å². The summed E-state index contributed by atoms with van der Waals surface area (Å²) in [6.07, 6.45) is 4.24. The van der Waals surface area contributed by atoms with E-state index < -0.39 is 5.82 Å². The molecule has 0 spiro atoms. The van der Waals surface area contributed by atoms with Gasteiger partial charge in [0.05, 0.1) is 18.6 Å². The minimum Gasteiger partial charge on any atom is -0.489 e. The van der Waals surface area contributed by atoms with Gasteiger partial charge in [0, 0.05) is 11.0 Å². The lowest BCUT2D eigenvalue weighted by Crippen LogP contribution is -2.18. The Kier molecular flexibility index (Phi) is 5.31. The molecule has 152 valence electrons. The molecule has 0 saturated carbocycles. The summed E-state index contributed by atoms with van der Waals surface area (Å²) < 4.78 is 20.0. The Balaban J connectivity index is 1.48. The number of aromatic nitrogens is 4. The van der Waals surface area contributed by atoms with Gasteiger partial charge in [0.25, 0.3) is 0 Å². The fourth-order valence-corrected chi connectivity index (χ4v) is 3.29. The molecule has 6 heteroatoms. The van der Waals surface area contributed by atoms with Gasteiger partial charge >= 0.3 is 0 Å². The minimum absolute atomic E-state index is 0.0866. The number of nitrogens with zero attached hydrogens (tertiary/aromatic N) is 4. The lowest BCUT2D eigenvalue weighted by atomic mass is 9.78. The Morgan fingerprint density at radius 3 is 2.17 bits per heavy atom. The van der Waals surface area contributed by atoms with E-state index in [0.29, 0.717) is 17.1 Å². The van der Waals surface area contributed by atoms with Crippen LogP contribution in [0.15, 0.2) is 73.2 Å². The van der Waals surface area contributed by atoms with Crippen molar-refractivity contribution in [1.29, 1.82) is 0 Å². The number of rotatable bonds is 6. The predicted molar refractivity (Wildman–Crippen MR) is 113 cm³/mol. The minimum atomic E-state index is -0.428. The number of ether oxygens (including phenoxy) is 1. The van der Waals surface area contributed by atoms with Crippen LogP contribution in [0.2, 0.25) is 0 Å². The number of hydrogen-bond donors (Lipinski definition) is 0. The Labute approximate surface area is 175 Å². The van der Waals surface area contributed by atoms with Crippen LogP contribution in [-0.4, -0.2) is 20.0 Å². The highest BCUT2D eigenvalue weighted by atomic mass is 19.1. The van der Waals surface area contributed by atoms with Crippen LogP contribution in [-0.2, 0) is 12.0 Å². The largest absolute Gasteiger partial charge is 0.489 e. The maximum absolute atomic E-state index is 14.2. The molecule has 2 aromatic heterocycles. The Morgan fingerprint density at radius 1 is 0.933 bits per heavy atom. The first-order valence-electron chi connectivity index (χ1n) is 9.75. The van der Waals surface area contributed by atoms with Crippen molar-refractivity contribution < 1.29 is 9.13 Å². The average Bonchev–Trinajstić information content (AvgIpc) is 3.29. The summed E-state index contributed by atoms with van der Waals surface area (Å²) in [6, 6.07) is 18.1. The van der Waals surface area contributed by atoms with E-state index in [1.165, 1.54) is 21.5 Å². The molecule has 0 saturated heterocycles. The zero-order valence-corrected chi connectivity index (χ0v) is 17.2. The van der Waals surface area contributed by atoms with Gasteiger partial charge < -0.3 is 4.74 Å². The van der Waals surface area contributed by atoms with Crippen LogP contribution in [0.5, 0.6) is 5.75 Å². The van der Waals surface area contributed by atoms with E-state index in [1.54, 1.807) is 18.5 Å². The molecule has 0 atom stereocenters. The van der Waals surface area contributed by atoms with Crippen LogP contribution in [0.4, 0.5) is 4.39 Å². The van der Waals surface area contributed by atoms with Crippen LogP contribution in [0, 0.1) is 12.7 Å². The smallest absolute Gasteiger partial charge is 0.174 e. The molecule has 5 nitrogen and oxygen atoms in total. The van der Waals surface area contributed by atoms with Gasteiger partial charge in [-0.1, -0.05) is 55.8 Å². The molecule has 4 aromatic rings. The monoisotopic (exact) mass is 402 g/mol. The molecular weight excluding hydrogens is 379 g/mol. The first-order valence-corrected chi connectivity index (χ1v) is 9.75. The Morgan fingerprint density at radius 2 is 1.53 bits per heavy atom. The van der Waals surface area contributed by atoms with Gasteiger partial charge in [0.2, 0.25) is 0 Å². The van der Waals surface area contributed by atoms with Gasteiger partial charge in [-0.2, -0.15) is 10.2 Å². The fraction of sp³-hybridized carbons (Fsp3) is 0.208. The zero-order valence-electron chi connectivity index (χ0n) is 17.2. The molecule has 0 amide bonds. The highest BCUT2D eigenvalue weighted by Crippen LogP contribution is 2.32. The molecule has 0 aliphatic carbocycles. The Bertz CT molecular complexity index is 1120. The molecule has 2 heterocycles. The second kappa shape index (κ2) is 8.06. The summed E-state index contributed by atoms with van der Waals surface area (Å²) in [5.74, 6) is 0.687. The molecular formula is C24H23FN4O. The van der Waals surface area contributed by atoms with E-state index >= 15 is 0 Å². The topological polar surface area (TPSA) is 52.8 Å². The molecule has 0 fully saturated rings. The average molecular weight is 402 g/mol. The third-order valence-corrected chi connectivity index (χ3v) is 5.29. The van der Waals surface area contributed by atoms with Crippen LogP contribution < -0.4 is 4.74 Å². The third kappa shape index (κ3) is 4.08. The van der Waals surface area contributed by atoms with Crippen molar-refractivity contribution in [2.24, 2.45) is 0 Å². The second-order valence-corrected chi connectivity index (χ2v) is 7.76. The molecule has 0 aliphatic rings. The SMILES string of the molecule is Cc1ccc(C(C)(C)c2ccc(OCc3cc(-n4nccn4)ncc3F)cc2)cc1. The summed E-state index contributed by atoms with van der Waals surface area (Å²) in [6.45, 7) is 6.57.